The molecule has 1 fully saturated rings. The van der Waals surface area contributed by atoms with Crippen LogP contribution in [-0.4, -0.2) is 33.7 Å². The van der Waals surface area contributed by atoms with Gasteiger partial charge in [0.15, 0.2) is 9.84 Å². The average Bonchev–Trinajstić information content (AvgIpc) is 2.62. The normalized spacial score (nSPS) is 14.9. The van der Waals surface area contributed by atoms with E-state index in [1.807, 2.05) is 24.3 Å². The van der Waals surface area contributed by atoms with Crippen LogP contribution < -0.4 is 10.2 Å². The number of nitrogens with one attached hydrogen (secondary N) is 1. The van der Waals surface area contributed by atoms with Gasteiger partial charge in [-0.2, -0.15) is 0 Å². The highest BCUT2D eigenvalue weighted by atomic mass is 35.5. The largest absolute Gasteiger partial charge is 0.372 e. The lowest BCUT2D eigenvalue weighted by Crippen LogP contribution is -2.29. The van der Waals surface area contributed by atoms with E-state index in [1.165, 1.54) is 37.5 Å². The standard InChI is InChI=1S/C19H21ClN2O3S/c1-26(24,25)16-9-10-18(20)17(13-16)19(23)21-14-5-7-15(8-6-14)22-11-3-2-4-12-22/h5-10,13H,2-4,11-12H2,1H3,(H,21,23). The van der Waals surface area contributed by atoms with Gasteiger partial charge in [-0.1, -0.05) is 11.6 Å². The third kappa shape index (κ3) is 4.37. The van der Waals surface area contributed by atoms with E-state index in [4.69, 9.17) is 11.6 Å². The molecule has 138 valence electrons. The Bertz CT molecular complexity index is 905. The highest BCUT2D eigenvalue weighted by molar-refractivity contribution is 7.90. The number of carbonyl (C=O) groups excluding carboxylic acids is 1. The molecule has 0 spiro atoms. The second-order valence-corrected chi connectivity index (χ2v) is 8.89. The van der Waals surface area contributed by atoms with E-state index in [9.17, 15) is 13.2 Å². The van der Waals surface area contributed by atoms with Crippen molar-refractivity contribution in [1.82, 2.24) is 0 Å². The van der Waals surface area contributed by atoms with Gasteiger partial charge < -0.3 is 10.2 Å². The Morgan fingerprint density at radius 2 is 1.69 bits per heavy atom. The number of rotatable bonds is 4. The first-order chi connectivity index (χ1) is 12.3. The molecule has 26 heavy (non-hydrogen) atoms. The molecule has 1 N–H and O–H groups in total. The van der Waals surface area contributed by atoms with E-state index in [0.717, 1.165) is 25.0 Å². The van der Waals surface area contributed by atoms with Crippen LogP contribution in [0.4, 0.5) is 11.4 Å². The summed E-state index contributed by atoms with van der Waals surface area (Å²) in [5.74, 6) is -0.439. The monoisotopic (exact) mass is 392 g/mol. The van der Waals surface area contributed by atoms with Crippen LogP contribution >= 0.6 is 11.6 Å². The fraction of sp³-hybridized carbons (Fsp3) is 0.316. The predicted octanol–water partition coefficient (Wildman–Crippen LogP) is 3.99. The summed E-state index contributed by atoms with van der Waals surface area (Å²) in [6, 6.07) is 11.8. The predicted molar refractivity (Wildman–Crippen MR) is 105 cm³/mol. The second kappa shape index (κ2) is 7.68. The van der Waals surface area contributed by atoms with Crippen LogP contribution in [0.1, 0.15) is 29.6 Å². The Hall–Kier alpha value is -2.05. The Labute approximate surface area is 158 Å². The lowest BCUT2D eigenvalue weighted by molar-refractivity contribution is 0.102. The first kappa shape index (κ1) is 18.7. The fourth-order valence-corrected chi connectivity index (χ4v) is 3.87. The molecule has 0 atom stereocenters. The molecule has 2 aromatic rings. The van der Waals surface area contributed by atoms with Crippen molar-refractivity contribution in [2.45, 2.75) is 24.2 Å². The van der Waals surface area contributed by atoms with Crippen molar-refractivity contribution < 1.29 is 13.2 Å². The SMILES string of the molecule is CS(=O)(=O)c1ccc(Cl)c(C(=O)Nc2ccc(N3CCCCC3)cc2)c1. The minimum Gasteiger partial charge on any atom is -0.372 e. The molecule has 0 aliphatic carbocycles. The van der Waals surface area contributed by atoms with Crippen LogP contribution in [0.2, 0.25) is 5.02 Å². The maximum absolute atomic E-state index is 12.5. The van der Waals surface area contributed by atoms with Gasteiger partial charge >= 0.3 is 0 Å². The second-order valence-electron chi connectivity index (χ2n) is 6.46. The lowest BCUT2D eigenvalue weighted by atomic mass is 10.1. The van der Waals surface area contributed by atoms with Gasteiger partial charge in [0.05, 0.1) is 15.5 Å². The Morgan fingerprint density at radius 1 is 1.04 bits per heavy atom. The Morgan fingerprint density at radius 3 is 2.31 bits per heavy atom. The van der Waals surface area contributed by atoms with Crippen LogP contribution in [0.5, 0.6) is 0 Å². The lowest BCUT2D eigenvalue weighted by Gasteiger charge is -2.28. The molecule has 1 saturated heterocycles. The van der Waals surface area contributed by atoms with Crippen molar-refractivity contribution in [1.29, 1.82) is 0 Å². The molecule has 1 amide bonds. The van der Waals surface area contributed by atoms with Gasteiger partial charge in [-0.05, 0) is 61.7 Å². The first-order valence-corrected chi connectivity index (χ1v) is 10.8. The molecule has 0 bridgehead atoms. The highest BCUT2D eigenvalue weighted by Crippen LogP contribution is 2.24. The van der Waals surface area contributed by atoms with Gasteiger partial charge in [0.25, 0.3) is 5.91 Å². The van der Waals surface area contributed by atoms with Crippen LogP contribution in [0.3, 0.4) is 0 Å². The quantitative estimate of drug-likeness (QED) is 0.854. The van der Waals surface area contributed by atoms with E-state index >= 15 is 0 Å². The smallest absolute Gasteiger partial charge is 0.257 e. The van der Waals surface area contributed by atoms with E-state index in [-0.39, 0.29) is 15.5 Å². The summed E-state index contributed by atoms with van der Waals surface area (Å²) >= 11 is 6.07. The zero-order valence-corrected chi connectivity index (χ0v) is 16.1. The topological polar surface area (TPSA) is 66.5 Å². The van der Waals surface area contributed by atoms with Crippen molar-refractivity contribution in [2.24, 2.45) is 0 Å². The third-order valence-corrected chi connectivity index (χ3v) is 5.90. The van der Waals surface area contributed by atoms with Gasteiger partial charge in [0, 0.05) is 30.7 Å². The number of piperidine rings is 1. The van der Waals surface area contributed by atoms with Crippen LogP contribution in [-0.2, 0) is 9.84 Å². The van der Waals surface area contributed by atoms with Crippen molar-refractivity contribution in [3.63, 3.8) is 0 Å². The number of benzene rings is 2. The Balaban J connectivity index is 1.75. The summed E-state index contributed by atoms with van der Waals surface area (Å²) in [5.41, 5.74) is 1.91. The summed E-state index contributed by atoms with van der Waals surface area (Å²) in [6.07, 6.45) is 4.77. The molecule has 1 aliphatic rings. The molecule has 1 heterocycles. The molecule has 0 radical (unpaired) electrons. The number of anilines is 2. The van der Waals surface area contributed by atoms with Crippen molar-refractivity contribution in [3.05, 3.63) is 53.1 Å². The number of hydrogen-bond donors (Lipinski definition) is 1. The van der Waals surface area contributed by atoms with E-state index < -0.39 is 15.7 Å². The highest BCUT2D eigenvalue weighted by Gasteiger charge is 2.16. The third-order valence-electron chi connectivity index (χ3n) is 4.46. The van der Waals surface area contributed by atoms with Crippen LogP contribution in [0.25, 0.3) is 0 Å². The zero-order chi connectivity index (χ0) is 18.7. The number of hydrogen-bond acceptors (Lipinski definition) is 4. The first-order valence-electron chi connectivity index (χ1n) is 8.50. The molecule has 3 rings (SSSR count). The summed E-state index contributed by atoms with van der Waals surface area (Å²) in [7, 11) is -3.41. The average molecular weight is 393 g/mol. The van der Waals surface area contributed by atoms with E-state index in [0.29, 0.717) is 5.69 Å². The summed E-state index contributed by atoms with van der Waals surface area (Å²) in [4.78, 5) is 14.9. The maximum Gasteiger partial charge on any atom is 0.257 e. The van der Waals surface area contributed by atoms with E-state index in [1.54, 1.807) is 0 Å². The number of amides is 1. The van der Waals surface area contributed by atoms with Crippen LogP contribution in [0.15, 0.2) is 47.4 Å². The molecule has 7 heteroatoms. The van der Waals surface area contributed by atoms with Gasteiger partial charge in [-0.15, -0.1) is 0 Å². The summed E-state index contributed by atoms with van der Waals surface area (Å²) in [6.45, 7) is 2.11. The van der Waals surface area contributed by atoms with Gasteiger partial charge in [-0.3, -0.25) is 4.79 Å². The molecule has 5 nitrogen and oxygen atoms in total. The molecule has 2 aromatic carbocycles. The molecular formula is C19H21ClN2O3S. The summed E-state index contributed by atoms with van der Waals surface area (Å²) < 4.78 is 23.4. The number of carbonyl (C=O) groups is 1. The molecule has 0 unspecified atom stereocenters. The van der Waals surface area contributed by atoms with Crippen molar-refractivity contribution in [3.8, 4) is 0 Å². The molecule has 1 aliphatic heterocycles. The maximum atomic E-state index is 12.5. The minimum absolute atomic E-state index is 0.0625. The zero-order valence-electron chi connectivity index (χ0n) is 14.5. The molecule has 0 aromatic heterocycles. The molecule has 0 saturated carbocycles. The number of nitrogens with zero attached hydrogens (tertiary/aromatic N) is 1. The minimum atomic E-state index is -3.41. The van der Waals surface area contributed by atoms with Crippen LogP contribution in [0, 0.1) is 0 Å². The van der Waals surface area contributed by atoms with Gasteiger partial charge in [0.2, 0.25) is 0 Å². The van der Waals surface area contributed by atoms with Crippen molar-refractivity contribution in [2.75, 3.05) is 29.6 Å². The summed E-state index contributed by atoms with van der Waals surface area (Å²) in [5, 5.41) is 2.98. The fourth-order valence-electron chi connectivity index (χ4n) is 3.02. The van der Waals surface area contributed by atoms with E-state index in [2.05, 4.69) is 10.2 Å². The Kier molecular flexibility index (Phi) is 5.53. The van der Waals surface area contributed by atoms with Crippen molar-refractivity contribution >= 4 is 38.7 Å². The van der Waals surface area contributed by atoms with Gasteiger partial charge in [-0.25, -0.2) is 8.42 Å². The number of sulfone groups is 1. The number of halogens is 1. The molecular weight excluding hydrogens is 372 g/mol. The van der Waals surface area contributed by atoms with Gasteiger partial charge in [0.1, 0.15) is 0 Å².